The molecule has 16 heavy (non-hydrogen) atoms. The molecule has 0 heterocycles. The third kappa shape index (κ3) is 2.52. The summed E-state index contributed by atoms with van der Waals surface area (Å²) in [7, 11) is 3.00. The molecule has 0 amide bonds. The van der Waals surface area contributed by atoms with Crippen LogP contribution in [0.1, 0.15) is 24.2 Å². The van der Waals surface area contributed by atoms with Gasteiger partial charge in [0, 0.05) is 6.07 Å². The lowest BCUT2D eigenvalue weighted by molar-refractivity contribution is 0.0485. The van der Waals surface area contributed by atoms with Gasteiger partial charge in [0.15, 0.2) is 5.78 Å². The van der Waals surface area contributed by atoms with E-state index in [1.807, 2.05) is 0 Å². The molecule has 0 bridgehead atoms. The fraction of sp³-hybridized carbons (Fsp3) is 0.417. The SMILES string of the molecule is COc1ccc(C(=O)C(C)(C)O)c(OC)c1. The Bertz CT molecular complexity index is 390. The molecule has 1 rings (SSSR count). The van der Waals surface area contributed by atoms with Crippen molar-refractivity contribution in [2.75, 3.05) is 14.2 Å². The average Bonchev–Trinajstić information content (AvgIpc) is 2.26. The third-order valence-corrected chi connectivity index (χ3v) is 2.21. The third-order valence-electron chi connectivity index (χ3n) is 2.21. The van der Waals surface area contributed by atoms with Crippen molar-refractivity contribution in [2.24, 2.45) is 0 Å². The molecule has 0 aliphatic heterocycles. The summed E-state index contributed by atoms with van der Waals surface area (Å²) in [5.41, 5.74) is -1.07. The van der Waals surface area contributed by atoms with Crippen molar-refractivity contribution in [1.29, 1.82) is 0 Å². The van der Waals surface area contributed by atoms with Crippen LogP contribution in [-0.4, -0.2) is 30.7 Å². The summed E-state index contributed by atoms with van der Waals surface area (Å²) in [5.74, 6) is 0.614. The van der Waals surface area contributed by atoms with Crippen molar-refractivity contribution in [3.8, 4) is 11.5 Å². The van der Waals surface area contributed by atoms with Crippen LogP contribution in [0, 0.1) is 0 Å². The lowest BCUT2D eigenvalue weighted by atomic mass is 9.96. The van der Waals surface area contributed by atoms with E-state index in [0.717, 1.165) is 0 Å². The number of ether oxygens (including phenoxy) is 2. The first kappa shape index (κ1) is 12.5. The van der Waals surface area contributed by atoms with Crippen molar-refractivity contribution >= 4 is 5.78 Å². The van der Waals surface area contributed by atoms with E-state index in [-0.39, 0.29) is 5.78 Å². The minimum atomic E-state index is -1.41. The first-order chi connectivity index (χ1) is 7.40. The van der Waals surface area contributed by atoms with E-state index in [2.05, 4.69) is 0 Å². The number of Topliss-reactive ketones (excluding diaryl/α,β-unsaturated/α-hetero) is 1. The summed E-state index contributed by atoms with van der Waals surface area (Å²) in [6, 6.07) is 4.85. The molecule has 4 nitrogen and oxygen atoms in total. The summed E-state index contributed by atoms with van der Waals surface area (Å²) in [6.45, 7) is 2.89. The highest BCUT2D eigenvalue weighted by atomic mass is 16.5. The molecule has 0 atom stereocenters. The maximum absolute atomic E-state index is 11.9. The van der Waals surface area contributed by atoms with E-state index < -0.39 is 5.60 Å². The number of carbonyl (C=O) groups is 1. The summed E-state index contributed by atoms with van der Waals surface area (Å²) in [5, 5.41) is 9.65. The van der Waals surface area contributed by atoms with E-state index in [0.29, 0.717) is 17.1 Å². The van der Waals surface area contributed by atoms with E-state index in [1.165, 1.54) is 28.1 Å². The van der Waals surface area contributed by atoms with Gasteiger partial charge in [-0.1, -0.05) is 0 Å². The summed E-state index contributed by atoms with van der Waals surface area (Å²) < 4.78 is 10.1. The zero-order valence-electron chi connectivity index (χ0n) is 9.90. The van der Waals surface area contributed by atoms with Crippen LogP contribution in [0.5, 0.6) is 11.5 Å². The van der Waals surface area contributed by atoms with Gasteiger partial charge in [0.2, 0.25) is 0 Å². The highest BCUT2D eigenvalue weighted by Crippen LogP contribution is 2.27. The Morgan fingerprint density at radius 3 is 2.31 bits per heavy atom. The van der Waals surface area contributed by atoms with Crippen molar-refractivity contribution in [3.05, 3.63) is 23.8 Å². The van der Waals surface area contributed by atoms with Crippen LogP contribution >= 0.6 is 0 Å². The minimum Gasteiger partial charge on any atom is -0.497 e. The van der Waals surface area contributed by atoms with Crippen LogP contribution in [0.15, 0.2) is 18.2 Å². The Hall–Kier alpha value is -1.55. The molecule has 1 aromatic carbocycles. The van der Waals surface area contributed by atoms with Gasteiger partial charge in [-0.2, -0.15) is 0 Å². The van der Waals surface area contributed by atoms with Crippen molar-refractivity contribution in [3.63, 3.8) is 0 Å². The van der Waals surface area contributed by atoms with Crippen LogP contribution in [0.25, 0.3) is 0 Å². The molecule has 0 aromatic heterocycles. The van der Waals surface area contributed by atoms with Crippen LogP contribution in [0.3, 0.4) is 0 Å². The number of rotatable bonds is 4. The van der Waals surface area contributed by atoms with Gasteiger partial charge in [-0.15, -0.1) is 0 Å². The molecule has 0 saturated carbocycles. The summed E-state index contributed by atoms with van der Waals surface area (Å²) >= 11 is 0. The van der Waals surface area contributed by atoms with Gasteiger partial charge in [0.1, 0.15) is 17.1 Å². The number of carbonyl (C=O) groups excluding carboxylic acids is 1. The molecule has 0 aliphatic rings. The molecule has 1 N–H and O–H groups in total. The summed E-state index contributed by atoms with van der Waals surface area (Å²) in [4.78, 5) is 11.9. The Balaban J connectivity index is 3.19. The number of hydrogen-bond acceptors (Lipinski definition) is 4. The van der Waals surface area contributed by atoms with Crippen molar-refractivity contribution in [2.45, 2.75) is 19.4 Å². The minimum absolute atomic E-state index is 0.343. The van der Waals surface area contributed by atoms with E-state index in [4.69, 9.17) is 9.47 Å². The Morgan fingerprint density at radius 1 is 1.25 bits per heavy atom. The van der Waals surface area contributed by atoms with Gasteiger partial charge in [0.05, 0.1) is 19.8 Å². The van der Waals surface area contributed by atoms with Crippen molar-refractivity contribution < 1.29 is 19.4 Å². The molecule has 0 fully saturated rings. The average molecular weight is 224 g/mol. The Morgan fingerprint density at radius 2 is 1.88 bits per heavy atom. The molecule has 0 saturated heterocycles. The molecule has 0 spiro atoms. The number of aliphatic hydroxyl groups is 1. The second kappa shape index (κ2) is 4.53. The lowest BCUT2D eigenvalue weighted by Gasteiger charge is -2.17. The molecule has 0 aliphatic carbocycles. The molecular formula is C12H16O4. The molecular weight excluding hydrogens is 208 g/mol. The van der Waals surface area contributed by atoms with Crippen LogP contribution in [0.4, 0.5) is 0 Å². The Labute approximate surface area is 94.8 Å². The smallest absolute Gasteiger partial charge is 0.197 e. The van der Waals surface area contributed by atoms with Crippen molar-refractivity contribution in [1.82, 2.24) is 0 Å². The van der Waals surface area contributed by atoms with E-state index in [1.54, 1.807) is 18.2 Å². The topological polar surface area (TPSA) is 55.8 Å². The largest absolute Gasteiger partial charge is 0.497 e. The maximum atomic E-state index is 11.9. The first-order valence-corrected chi connectivity index (χ1v) is 4.89. The predicted molar refractivity (Wildman–Crippen MR) is 60.2 cm³/mol. The standard InChI is InChI=1S/C12H16O4/c1-12(2,14)11(13)9-6-5-8(15-3)7-10(9)16-4/h5-7,14H,1-4H3. The first-order valence-electron chi connectivity index (χ1n) is 4.89. The predicted octanol–water partition coefficient (Wildman–Crippen LogP) is 1.66. The number of ketones is 1. The van der Waals surface area contributed by atoms with Gasteiger partial charge in [-0.25, -0.2) is 0 Å². The van der Waals surface area contributed by atoms with Crippen LogP contribution in [-0.2, 0) is 0 Å². The zero-order chi connectivity index (χ0) is 12.3. The maximum Gasteiger partial charge on any atom is 0.197 e. The van der Waals surface area contributed by atoms with Crippen LogP contribution in [0.2, 0.25) is 0 Å². The second-order valence-electron chi connectivity index (χ2n) is 3.95. The van der Waals surface area contributed by atoms with E-state index in [9.17, 15) is 9.90 Å². The fourth-order valence-electron chi connectivity index (χ4n) is 1.32. The molecule has 1 aromatic rings. The highest BCUT2D eigenvalue weighted by Gasteiger charge is 2.27. The quantitative estimate of drug-likeness (QED) is 0.790. The normalized spacial score (nSPS) is 11.1. The highest BCUT2D eigenvalue weighted by molar-refractivity contribution is 6.04. The van der Waals surface area contributed by atoms with Gasteiger partial charge < -0.3 is 14.6 Å². The lowest BCUT2D eigenvalue weighted by Crippen LogP contribution is -2.31. The van der Waals surface area contributed by atoms with Gasteiger partial charge in [0.25, 0.3) is 0 Å². The molecule has 0 radical (unpaired) electrons. The molecule has 0 unspecified atom stereocenters. The van der Waals surface area contributed by atoms with Gasteiger partial charge in [-0.05, 0) is 26.0 Å². The monoisotopic (exact) mass is 224 g/mol. The zero-order valence-corrected chi connectivity index (χ0v) is 9.90. The van der Waals surface area contributed by atoms with Gasteiger partial charge >= 0.3 is 0 Å². The summed E-state index contributed by atoms with van der Waals surface area (Å²) in [6.07, 6.45) is 0. The van der Waals surface area contributed by atoms with Gasteiger partial charge in [-0.3, -0.25) is 4.79 Å². The number of hydrogen-bond donors (Lipinski definition) is 1. The second-order valence-corrected chi connectivity index (χ2v) is 3.95. The molecule has 4 heteroatoms. The number of methoxy groups -OCH3 is 2. The molecule has 88 valence electrons. The van der Waals surface area contributed by atoms with Crippen LogP contribution < -0.4 is 9.47 Å². The van der Waals surface area contributed by atoms with E-state index >= 15 is 0 Å². The Kier molecular flexibility index (Phi) is 3.55. The fourth-order valence-corrected chi connectivity index (χ4v) is 1.32. The number of benzene rings is 1.